The lowest BCUT2D eigenvalue weighted by Crippen LogP contribution is -1.95. The molecule has 0 spiro atoms. The summed E-state index contributed by atoms with van der Waals surface area (Å²) in [6, 6.07) is 6.81. The quantitative estimate of drug-likeness (QED) is 0.691. The van der Waals surface area contributed by atoms with Crippen LogP contribution in [0.25, 0.3) is 0 Å². The average molecular weight is 202 g/mol. The van der Waals surface area contributed by atoms with E-state index in [1.54, 1.807) is 24.3 Å². The molecule has 1 aromatic rings. The van der Waals surface area contributed by atoms with E-state index in [4.69, 9.17) is 9.93 Å². The van der Waals surface area contributed by atoms with Crippen LogP contribution in [0.1, 0.15) is 5.56 Å². The first kappa shape index (κ1) is 11.8. The van der Waals surface area contributed by atoms with Crippen LogP contribution in [-0.2, 0) is 9.84 Å². The normalized spacial score (nSPS) is 10.0. The van der Waals surface area contributed by atoms with Crippen molar-refractivity contribution in [2.45, 2.75) is 11.8 Å². The highest BCUT2D eigenvalue weighted by molar-refractivity contribution is 7.90. The zero-order valence-electron chi connectivity index (χ0n) is 7.35. The molecule has 0 aliphatic heterocycles. The molecule has 0 amide bonds. The van der Waals surface area contributed by atoms with E-state index in [1.165, 1.54) is 6.26 Å². The molecule has 0 heterocycles. The van der Waals surface area contributed by atoms with Crippen molar-refractivity contribution in [3.05, 3.63) is 39.8 Å². The Labute approximate surface area is 76.7 Å². The topological polar surface area (TPSA) is 68.3 Å². The van der Waals surface area contributed by atoms with Crippen molar-refractivity contribution in [1.29, 1.82) is 0 Å². The minimum atomic E-state index is -3.02. The number of sulfone groups is 1. The van der Waals surface area contributed by atoms with Crippen LogP contribution in [0.3, 0.4) is 0 Å². The van der Waals surface area contributed by atoms with Crippen LogP contribution < -0.4 is 0 Å². The largest absolute Gasteiger partial charge is 0.224 e. The summed E-state index contributed by atoms with van der Waals surface area (Å²) in [5.74, 6) is 0. The molecule has 0 aliphatic rings. The van der Waals surface area contributed by atoms with E-state index < -0.39 is 9.84 Å². The van der Waals surface area contributed by atoms with Gasteiger partial charge in [0.1, 0.15) is 0 Å². The summed E-state index contributed by atoms with van der Waals surface area (Å²) in [7, 11) is -3.02. The first-order valence-electron chi connectivity index (χ1n) is 3.43. The highest BCUT2D eigenvalue weighted by Crippen LogP contribution is 2.08. The second kappa shape index (κ2) is 4.71. The van der Waals surface area contributed by atoms with Gasteiger partial charge in [-0.2, -0.15) is 0 Å². The summed E-state index contributed by atoms with van der Waals surface area (Å²) in [5, 5.41) is 0. The van der Waals surface area contributed by atoms with E-state index in [9.17, 15) is 8.42 Å². The van der Waals surface area contributed by atoms with Gasteiger partial charge in [-0.3, -0.25) is 0 Å². The van der Waals surface area contributed by atoms with Gasteiger partial charge in [-0.15, -0.1) is 0 Å². The first-order chi connectivity index (χ1) is 6.00. The highest BCUT2D eigenvalue weighted by Gasteiger charge is 2.04. The van der Waals surface area contributed by atoms with Gasteiger partial charge in [0.25, 0.3) is 0 Å². The molecule has 72 valence electrons. The number of benzene rings is 1. The van der Waals surface area contributed by atoms with Gasteiger partial charge in [0, 0.05) is 16.2 Å². The molecule has 0 atom stereocenters. The minimum Gasteiger partial charge on any atom is -0.224 e. The van der Waals surface area contributed by atoms with Crippen molar-refractivity contribution in [1.82, 2.24) is 0 Å². The number of rotatable bonds is 1. The maximum absolute atomic E-state index is 10.9. The molecule has 0 aliphatic carbocycles. The zero-order chi connectivity index (χ0) is 10.5. The highest BCUT2D eigenvalue weighted by atomic mass is 32.2. The van der Waals surface area contributed by atoms with Crippen molar-refractivity contribution >= 4 is 9.84 Å². The molecule has 0 fully saturated rings. The Balaban J connectivity index is 0.000000671. The minimum absolute atomic E-state index is 0.378. The maximum atomic E-state index is 10.9. The summed E-state index contributed by atoms with van der Waals surface area (Å²) in [6.07, 6.45) is 1.21. The Morgan fingerprint density at radius 1 is 1.00 bits per heavy atom. The van der Waals surface area contributed by atoms with Gasteiger partial charge >= 0.3 is 0 Å². The van der Waals surface area contributed by atoms with Crippen LogP contribution >= 0.6 is 0 Å². The number of aryl methyl sites for hydroxylation is 1. The van der Waals surface area contributed by atoms with Gasteiger partial charge in [0.05, 0.1) is 4.90 Å². The fourth-order valence-corrected chi connectivity index (χ4v) is 1.42. The van der Waals surface area contributed by atoms with Crippen LogP contribution in [0.5, 0.6) is 0 Å². The molecule has 0 radical (unpaired) electrons. The first-order valence-corrected chi connectivity index (χ1v) is 5.33. The Kier molecular flexibility index (Phi) is 4.27. The third-order valence-corrected chi connectivity index (χ3v) is 2.58. The SMILES string of the molecule is Cc1ccc(S(C)(=O)=O)cc1.O=O. The van der Waals surface area contributed by atoms with Gasteiger partial charge in [-0.1, -0.05) is 17.7 Å². The molecule has 5 heteroatoms. The van der Waals surface area contributed by atoms with Crippen molar-refractivity contribution in [3.63, 3.8) is 0 Å². The molecule has 0 unspecified atom stereocenters. The lowest BCUT2D eigenvalue weighted by molar-refractivity contribution is 0.602. The van der Waals surface area contributed by atoms with E-state index in [1.807, 2.05) is 6.92 Å². The fraction of sp³-hybridized carbons (Fsp3) is 0.250. The average Bonchev–Trinajstić information content (AvgIpc) is 2.07. The number of hydrogen-bond acceptors (Lipinski definition) is 4. The molecule has 1 rings (SSSR count). The van der Waals surface area contributed by atoms with E-state index in [-0.39, 0.29) is 0 Å². The Morgan fingerprint density at radius 2 is 1.38 bits per heavy atom. The van der Waals surface area contributed by atoms with Crippen LogP contribution in [0, 0.1) is 16.9 Å². The van der Waals surface area contributed by atoms with E-state index in [0.717, 1.165) is 5.56 Å². The molecular weight excluding hydrogens is 192 g/mol. The standard InChI is InChI=1S/C8H10O2S.O2/c1-7-3-5-8(6-4-7)11(2,9)10;1-2/h3-6H,1-2H3;. The van der Waals surface area contributed by atoms with Gasteiger partial charge < -0.3 is 0 Å². The summed E-state index contributed by atoms with van der Waals surface area (Å²) >= 11 is 0. The predicted octanol–water partition coefficient (Wildman–Crippen LogP) is 1.47. The smallest absolute Gasteiger partial charge is 0.175 e. The van der Waals surface area contributed by atoms with Crippen LogP contribution in [0.2, 0.25) is 0 Å². The Morgan fingerprint density at radius 3 is 1.69 bits per heavy atom. The van der Waals surface area contributed by atoms with E-state index >= 15 is 0 Å². The lowest BCUT2D eigenvalue weighted by Gasteiger charge is -1.96. The lowest BCUT2D eigenvalue weighted by atomic mass is 10.2. The zero-order valence-corrected chi connectivity index (χ0v) is 8.17. The summed E-state index contributed by atoms with van der Waals surface area (Å²) in [6.45, 7) is 1.92. The van der Waals surface area contributed by atoms with Crippen molar-refractivity contribution in [2.24, 2.45) is 0 Å². The second-order valence-corrected chi connectivity index (χ2v) is 4.60. The number of hydrogen-bond donors (Lipinski definition) is 0. The summed E-state index contributed by atoms with van der Waals surface area (Å²) < 4.78 is 21.9. The van der Waals surface area contributed by atoms with Crippen LogP contribution in [-0.4, -0.2) is 14.7 Å². The third-order valence-electron chi connectivity index (χ3n) is 1.45. The fourth-order valence-electron chi connectivity index (χ4n) is 0.785. The molecule has 4 nitrogen and oxygen atoms in total. The maximum Gasteiger partial charge on any atom is 0.175 e. The molecule has 0 saturated carbocycles. The predicted molar refractivity (Wildman–Crippen MR) is 51.0 cm³/mol. The molecule has 0 aromatic heterocycles. The van der Waals surface area contributed by atoms with Crippen LogP contribution in [0.4, 0.5) is 0 Å². The van der Waals surface area contributed by atoms with Crippen LogP contribution in [0.15, 0.2) is 29.2 Å². The van der Waals surface area contributed by atoms with E-state index in [2.05, 4.69) is 0 Å². The Bertz CT molecular complexity index is 352. The van der Waals surface area contributed by atoms with Gasteiger partial charge in [0.2, 0.25) is 0 Å². The van der Waals surface area contributed by atoms with Crippen molar-refractivity contribution in [3.8, 4) is 0 Å². The summed E-state index contributed by atoms with van der Waals surface area (Å²) in [4.78, 5) is 14.4. The monoisotopic (exact) mass is 202 g/mol. The molecular formula is C8H10O4S. The van der Waals surface area contributed by atoms with Gasteiger partial charge in [-0.25, -0.2) is 8.42 Å². The second-order valence-electron chi connectivity index (χ2n) is 2.59. The van der Waals surface area contributed by atoms with Crippen molar-refractivity contribution in [2.75, 3.05) is 6.26 Å². The summed E-state index contributed by atoms with van der Waals surface area (Å²) in [5.41, 5.74) is 1.07. The molecule has 0 N–H and O–H groups in total. The van der Waals surface area contributed by atoms with Gasteiger partial charge in [0.15, 0.2) is 9.84 Å². The van der Waals surface area contributed by atoms with Gasteiger partial charge in [-0.05, 0) is 19.1 Å². The van der Waals surface area contributed by atoms with E-state index in [0.29, 0.717) is 4.90 Å². The molecule has 1 aromatic carbocycles. The third kappa shape index (κ3) is 3.80. The molecule has 13 heavy (non-hydrogen) atoms. The molecule has 0 saturated heterocycles. The van der Waals surface area contributed by atoms with Crippen molar-refractivity contribution < 1.29 is 8.42 Å². The molecule has 0 bridgehead atoms. The Hall–Kier alpha value is -1.23.